The minimum atomic E-state index is -3.62. The fraction of sp³-hybridized carbons (Fsp3) is 0.133. The van der Waals surface area contributed by atoms with Crippen molar-refractivity contribution in [1.82, 2.24) is 0 Å². The van der Waals surface area contributed by atoms with E-state index in [0.29, 0.717) is 4.47 Å². The van der Waals surface area contributed by atoms with E-state index >= 15 is 0 Å². The largest absolute Gasteiger partial charge is 0.289 e. The summed E-state index contributed by atoms with van der Waals surface area (Å²) in [6, 6.07) is 9.53. The Hall–Kier alpha value is -1.46. The summed E-state index contributed by atoms with van der Waals surface area (Å²) in [6.07, 6.45) is 0. The zero-order chi connectivity index (χ0) is 13.8. The lowest BCUT2D eigenvalue weighted by molar-refractivity contribution is 0.103. The van der Waals surface area contributed by atoms with Crippen molar-refractivity contribution >= 4 is 31.6 Å². The second-order valence-electron chi connectivity index (χ2n) is 4.47. The van der Waals surface area contributed by atoms with Crippen LogP contribution in [0.3, 0.4) is 0 Å². The van der Waals surface area contributed by atoms with Crippen LogP contribution >= 0.6 is 15.9 Å². The Morgan fingerprint density at radius 3 is 2.35 bits per heavy atom. The van der Waals surface area contributed by atoms with E-state index in [4.69, 9.17) is 0 Å². The van der Waals surface area contributed by atoms with Crippen LogP contribution in [-0.2, 0) is 9.84 Å². The molecule has 0 aromatic heterocycles. The van der Waals surface area contributed by atoms with Crippen LogP contribution in [0.1, 0.15) is 28.9 Å². The number of fused-ring (bicyclic) bond motifs is 2. The molecule has 0 amide bonds. The van der Waals surface area contributed by atoms with Crippen molar-refractivity contribution in [2.24, 2.45) is 0 Å². The van der Waals surface area contributed by atoms with Crippen molar-refractivity contribution < 1.29 is 13.2 Å². The van der Waals surface area contributed by atoms with Crippen molar-refractivity contribution in [1.29, 1.82) is 0 Å². The van der Waals surface area contributed by atoms with Crippen LogP contribution < -0.4 is 0 Å². The third-order valence-electron chi connectivity index (χ3n) is 3.15. The van der Waals surface area contributed by atoms with Gasteiger partial charge in [-0.1, -0.05) is 29.4 Å². The predicted molar refractivity (Wildman–Crippen MR) is 80.9 cm³/mol. The molecule has 0 saturated carbocycles. The first-order chi connectivity index (χ1) is 8.91. The predicted octanol–water partition coefficient (Wildman–Crippen LogP) is 3.77. The molecule has 0 fully saturated rings. The topological polar surface area (TPSA) is 51.2 Å². The summed E-state index contributed by atoms with van der Waals surface area (Å²) in [6.45, 7) is 1.80. The van der Waals surface area contributed by atoms with Gasteiger partial charge in [0, 0.05) is 15.6 Å². The van der Waals surface area contributed by atoms with Gasteiger partial charge in [-0.15, -0.1) is 0 Å². The lowest BCUT2D eigenvalue weighted by Gasteiger charge is -2.19. The van der Waals surface area contributed by atoms with Gasteiger partial charge in [0.2, 0.25) is 9.84 Å². The smallest absolute Gasteiger partial charge is 0.208 e. The number of carbonyl (C=O) groups excluding carboxylic acids is 1. The highest BCUT2D eigenvalue weighted by molar-refractivity contribution is 9.10. The highest BCUT2D eigenvalue weighted by Crippen LogP contribution is 2.35. The standard InChI is InChI=1S/C14H9BrO3S.CH4/c1-8-2-4-10-13(6-8)19(17,18)12-5-3-9(15)7-11(12)14(10)16;/h2-7H,1H3;1H4. The van der Waals surface area contributed by atoms with Crippen LogP contribution in [0.25, 0.3) is 0 Å². The van der Waals surface area contributed by atoms with Crippen LogP contribution in [-0.4, -0.2) is 14.2 Å². The molecule has 0 spiro atoms. The minimum absolute atomic E-state index is 0. The van der Waals surface area contributed by atoms with Gasteiger partial charge in [-0.05, 0) is 42.8 Å². The third kappa shape index (κ3) is 2.01. The van der Waals surface area contributed by atoms with E-state index in [2.05, 4.69) is 15.9 Å². The number of hydrogen-bond acceptors (Lipinski definition) is 3. The Bertz CT molecular complexity index is 823. The van der Waals surface area contributed by atoms with E-state index in [1.807, 2.05) is 0 Å². The van der Waals surface area contributed by atoms with E-state index < -0.39 is 9.84 Å². The maximum absolute atomic E-state index is 12.5. The lowest BCUT2D eigenvalue weighted by atomic mass is 10.0. The van der Waals surface area contributed by atoms with Gasteiger partial charge in [-0.3, -0.25) is 4.79 Å². The average molecular weight is 353 g/mol. The number of sulfone groups is 1. The molecule has 0 radical (unpaired) electrons. The number of halogens is 1. The second kappa shape index (κ2) is 4.82. The number of ketones is 1. The highest BCUT2D eigenvalue weighted by Gasteiger charge is 2.34. The zero-order valence-corrected chi connectivity index (χ0v) is 12.4. The summed E-state index contributed by atoms with van der Waals surface area (Å²) in [5, 5.41) is 0. The fourth-order valence-electron chi connectivity index (χ4n) is 2.22. The Morgan fingerprint density at radius 2 is 1.65 bits per heavy atom. The summed E-state index contributed by atoms with van der Waals surface area (Å²) >= 11 is 3.26. The molecule has 2 aromatic carbocycles. The first kappa shape index (κ1) is 14.9. The van der Waals surface area contributed by atoms with E-state index in [1.54, 1.807) is 37.3 Å². The van der Waals surface area contributed by atoms with Crippen LogP contribution in [0.2, 0.25) is 0 Å². The highest BCUT2D eigenvalue weighted by atomic mass is 79.9. The first-order valence-electron chi connectivity index (χ1n) is 5.61. The van der Waals surface area contributed by atoms with Gasteiger partial charge in [-0.25, -0.2) is 8.42 Å². The normalized spacial score (nSPS) is 15.0. The molecule has 1 heterocycles. The summed E-state index contributed by atoms with van der Waals surface area (Å²) in [5.41, 5.74) is 1.29. The SMILES string of the molecule is C.Cc1ccc2c(c1)S(=O)(=O)c1ccc(Br)cc1C2=O. The molecule has 0 saturated heterocycles. The molecule has 0 bridgehead atoms. The Balaban J connectivity index is 0.00000147. The van der Waals surface area contributed by atoms with Crippen LogP contribution in [0.5, 0.6) is 0 Å². The third-order valence-corrected chi connectivity index (χ3v) is 5.49. The number of rotatable bonds is 0. The molecule has 104 valence electrons. The molecule has 0 atom stereocenters. The average Bonchev–Trinajstić information content (AvgIpc) is 2.36. The molecule has 1 aliphatic heterocycles. The summed E-state index contributed by atoms with van der Waals surface area (Å²) in [4.78, 5) is 12.6. The van der Waals surface area contributed by atoms with E-state index in [0.717, 1.165) is 5.56 Å². The van der Waals surface area contributed by atoms with Gasteiger partial charge in [0.1, 0.15) is 0 Å². The first-order valence-corrected chi connectivity index (χ1v) is 7.89. The van der Waals surface area contributed by atoms with E-state index in [9.17, 15) is 13.2 Å². The van der Waals surface area contributed by atoms with E-state index in [-0.39, 0.29) is 34.1 Å². The molecule has 2 aromatic rings. The molecule has 5 heteroatoms. The minimum Gasteiger partial charge on any atom is -0.289 e. The summed E-state index contributed by atoms with van der Waals surface area (Å²) < 4.78 is 25.8. The Labute approximate surface area is 126 Å². The Morgan fingerprint density at radius 1 is 0.950 bits per heavy atom. The van der Waals surface area contributed by atoms with Gasteiger partial charge in [0.05, 0.1) is 9.79 Å². The zero-order valence-electron chi connectivity index (χ0n) is 9.98. The van der Waals surface area contributed by atoms with Crippen LogP contribution in [0.4, 0.5) is 0 Å². The van der Waals surface area contributed by atoms with Gasteiger partial charge in [0.15, 0.2) is 5.78 Å². The molecule has 3 rings (SSSR count). The monoisotopic (exact) mass is 352 g/mol. The molecule has 20 heavy (non-hydrogen) atoms. The molecule has 1 aliphatic rings. The van der Waals surface area contributed by atoms with Crippen LogP contribution in [0, 0.1) is 6.92 Å². The van der Waals surface area contributed by atoms with Crippen LogP contribution in [0.15, 0.2) is 50.7 Å². The van der Waals surface area contributed by atoms with E-state index in [1.165, 1.54) is 6.07 Å². The molecule has 3 nitrogen and oxygen atoms in total. The summed E-state index contributed by atoms with van der Waals surface area (Å²) in [5.74, 6) is -0.249. The molecule has 0 N–H and O–H groups in total. The molecular formula is C15H13BrO3S. The van der Waals surface area contributed by atoms with Gasteiger partial charge < -0.3 is 0 Å². The van der Waals surface area contributed by atoms with Crippen molar-refractivity contribution in [3.8, 4) is 0 Å². The molecular weight excluding hydrogens is 340 g/mol. The molecule has 0 unspecified atom stereocenters. The fourth-order valence-corrected chi connectivity index (χ4v) is 4.29. The lowest BCUT2D eigenvalue weighted by Crippen LogP contribution is -2.20. The van der Waals surface area contributed by atoms with Gasteiger partial charge >= 0.3 is 0 Å². The summed E-state index contributed by atoms with van der Waals surface area (Å²) in [7, 11) is -3.62. The Kier molecular flexibility index (Phi) is 3.60. The second-order valence-corrected chi connectivity index (χ2v) is 7.27. The maximum Gasteiger partial charge on any atom is 0.208 e. The van der Waals surface area contributed by atoms with Gasteiger partial charge in [-0.2, -0.15) is 0 Å². The molecule has 0 aliphatic carbocycles. The quantitative estimate of drug-likeness (QED) is 0.618. The number of aryl methyl sites for hydroxylation is 1. The van der Waals surface area contributed by atoms with Crippen molar-refractivity contribution in [3.05, 3.63) is 57.6 Å². The van der Waals surface area contributed by atoms with Crippen molar-refractivity contribution in [2.75, 3.05) is 0 Å². The van der Waals surface area contributed by atoms with Gasteiger partial charge in [0.25, 0.3) is 0 Å². The number of carbonyl (C=O) groups is 1. The number of hydrogen-bond donors (Lipinski definition) is 0. The maximum atomic E-state index is 12.5. The van der Waals surface area contributed by atoms with Crippen molar-refractivity contribution in [3.63, 3.8) is 0 Å². The number of benzene rings is 2. The van der Waals surface area contributed by atoms with Crippen molar-refractivity contribution in [2.45, 2.75) is 24.1 Å².